The monoisotopic (exact) mass is 300 g/mol. The number of carbonyl (C=O) groups excluding carboxylic acids is 1. The molecule has 0 spiro atoms. The molecule has 0 aromatic heterocycles. The maximum Gasteiger partial charge on any atom is 0.285 e. The molecule has 0 aliphatic heterocycles. The molecule has 0 saturated carbocycles. The molecule has 0 fully saturated rings. The van der Waals surface area contributed by atoms with E-state index in [1.54, 1.807) is 43.3 Å². The second-order valence-electron chi connectivity index (χ2n) is 4.86. The summed E-state index contributed by atoms with van der Waals surface area (Å²) in [5.74, 6) is -0.578. The highest BCUT2D eigenvalue weighted by Gasteiger charge is 2.22. The lowest BCUT2D eigenvalue weighted by Crippen LogP contribution is -2.29. The van der Waals surface area contributed by atoms with Crippen LogP contribution >= 0.6 is 0 Å². The van der Waals surface area contributed by atoms with Crippen LogP contribution in [-0.4, -0.2) is 22.5 Å². The number of para-hydroxylation sites is 1. The van der Waals surface area contributed by atoms with Gasteiger partial charge in [-0.2, -0.15) is 0 Å². The summed E-state index contributed by atoms with van der Waals surface area (Å²) >= 11 is 0. The molecule has 0 aliphatic rings. The Labute approximate surface area is 127 Å². The normalized spacial score (nSPS) is 11.7. The highest BCUT2D eigenvalue weighted by atomic mass is 16.6. The number of nitro benzene ring substituents is 1. The summed E-state index contributed by atoms with van der Waals surface area (Å²) in [6.07, 6.45) is -0.867. The largest absolute Gasteiger partial charge is 0.387 e. The Balaban J connectivity index is 2.11. The number of carbonyl (C=O) groups is 1. The number of hydrogen-bond donors (Lipinski definition) is 2. The molecule has 0 bridgehead atoms. The van der Waals surface area contributed by atoms with Crippen molar-refractivity contribution in [2.24, 2.45) is 0 Å². The molecule has 1 atom stereocenters. The summed E-state index contributed by atoms with van der Waals surface area (Å²) in [7, 11) is 0. The number of nitrogens with one attached hydrogen (secondary N) is 1. The quantitative estimate of drug-likeness (QED) is 0.655. The van der Waals surface area contributed by atoms with Gasteiger partial charge in [-0.05, 0) is 18.6 Å². The maximum absolute atomic E-state index is 12.1. The lowest BCUT2D eigenvalue weighted by atomic mass is 10.1. The van der Waals surface area contributed by atoms with Crippen LogP contribution in [0.1, 0.15) is 27.6 Å². The number of aliphatic hydroxyl groups is 1. The molecule has 114 valence electrons. The van der Waals surface area contributed by atoms with Gasteiger partial charge in [0.05, 0.1) is 11.0 Å². The zero-order chi connectivity index (χ0) is 16.1. The molecule has 0 aliphatic carbocycles. The van der Waals surface area contributed by atoms with Gasteiger partial charge in [0.2, 0.25) is 0 Å². The van der Waals surface area contributed by atoms with Crippen LogP contribution in [0.2, 0.25) is 0 Å². The fourth-order valence-electron chi connectivity index (χ4n) is 2.16. The van der Waals surface area contributed by atoms with Crippen molar-refractivity contribution >= 4 is 11.6 Å². The number of nitro groups is 1. The van der Waals surface area contributed by atoms with Gasteiger partial charge < -0.3 is 10.4 Å². The SMILES string of the molecule is Cc1cccc(C(=O)NCC(O)c2ccccc2)c1[N+](=O)[O-]. The third-order valence-electron chi connectivity index (χ3n) is 3.31. The number of rotatable bonds is 5. The lowest BCUT2D eigenvalue weighted by Gasteiger charge is -2.12. The molecule has 2 rings (SSSR count). The number of benzene rings is 2. The van der Waals surface area contributed by atoms with Crippen molar-refractivity contribution in [3.05, 3.63) is 75.3 Å². The predicted octanol–water partition coefficient (Wildman–Crippen LogP) is 2.37. The van der Waals surface area contributed by atoms with Gasteiger partial charge in [0.25, 0.3) is 11.6 Å². The average molecular weight is 300 g/mol. The first kappa shape index (κ1) is 15.7. The molecule has 2 N–H and O–H groups in total. The topological polar surface area (TPSA) is 92.5 Å². The van der Waals surface area contributed by atoms with Crippen LogP contribution in [0.4, 0.5) is 5.69 Å². The molecule has 2 aromatic carbocycles. The average Bonchev–Trinajstić information content (AvgIpc) is 2.52. The van der Waals surface area contributed by atoms with Crippen molar-refractivity contribution in [1.82, 2.24) is 5.32 Å². The molecule has 0 radical (unpaired) electrons. The third kappa shape index (κ3) is 3.48. The van der Waals surface area contributed by atoms with E-state index in [-0.39, 0.29) is 17.8 Å². The van der Waals surface area contributed by atoms with E-state index in [0.717, 1.165) is 0 Å². The van der Waals surface area contributed by atoms with E-state index in [1.165, 1.54) is 6.07 Å². The van der Waals surface area contributed by atoms with Gasteiger partial charge in [-0.1, -0.05) is 42.5 Å². The van der Waals surface area contributed by atoms with Crippen LogP contribution in [-0.2, 0) is 0 Å². The van der Waals surface area contributed by atoms with Crippen LogP contribution in [0, 0.1) is 17.0 Å². The van der Waals surface area contributed by atoms with E-state index in [9.17, 15) is 20.0 Å². The molecule has 6 nitrogen and oxygen atoms in total. The first-order valence-electron chi connectivity index (χ1n) is 6.76. The Bertz CT molecular complexity index is 686. The maximum atomic E-state index is 12.1. The summed E-state index contributed by atoms with van der Waals surface area (Å²) in [6, 6.07) is 13.4. The number of aliphatic hydroxyl groups excluding tert-OH is 1. The number of nitrogens with zero attached hydrogens (tertiary/aromatic N) is 1. The van der Waals surface area contributed by atoms with E-state index in [0.29, 0.717) is 11.1 Å². The molecule has 0 saturated heterocycles. The predicted molar refractivity (Wildman–Crippen MR) is 81.6 cm³/mol. The highest BCUT2D eigenvalue weighted by molar-refractivity contribution is 5.98. The second kappa shape index (κ2) is 6.82. The standard InChI is InChI=1S/C16H16N2O4/c1-11-6-5-9-13(15(11)18(21)22)16(20)17-10-14(19)12-7-3-2-4-8-12/h2-9,14,19H,10H2,1H3,(H,17,20). The minimum atomic E-state index is -0.867. The number of amides is 1. The smallest absolute Gasteiger partial charge is 0.285 e. The molecule has 1 amide bonds. The Morgan fingerprint density at radius 3 is 2.55 bits per heavy atom. The van der Waals surface area contributed by atoms with Gasteiger partial charge in [0.1, 0.15) is 5.56 Å². The van der Waals surface area contributed by atoms with Crippen LogP contribution in [0.5, 0.6) is 0 Å². The van der Waals surface area contributed by atoms with Crippen LogP contribution in [0.15, 0.2) is 48.5 Å². The van der Waals surface area contributed by atoms with Crippen molar-refractivity contribution < 1.29 is 14.8 Å². The van der Waals surface area contributed by atoms with Gasteiger partial charge in [0.15, 0.2) is 0 Å². The van der Waals surface area contributed by atoms with Crippen LogP contribution < -0.4 is 5.32 Å². The number of aryl methyl sites for hydroxylation is 1. The van der Waals surface area contributed by atoms with Crippen molar-refractivity contribution in [1.29, 1.82) is 0 Å². The second-order valence-corrected chi connectivity index (χ2v) is 4.86. The Kier molecular flexibility index (Phi) is 4.85. The molecule has 22 heavy (non-hydrogen) atoms. The van der Waals surface area contributed by atoms with Gasteiger partial charge in [0, 0.05) is 12.1 Å². The van der Waals surface area contributed by atoms with Gasteiger partial charge in [-0.25, -0.2) is 0 Å². The zero-order valence-corrected chi connectivity index (χ0v) is 12.0. The summed E-state index contributed by atoms with van der Waals surface area (Å²) in [5.41, 5.74) is 0.863. The summed E-state index contributed by atoms with van der Waals surface area (Å²) in [4.78, 5) is 22.6. The van der Waals surface area contributed by atoms with Crippen molar-refractivity contribution in [3.8, 4) is 0 Å². The molecule has 6 heteroatoms. The molecule has 0 heterocycles. The van der Waals surface area contributed by atoms with E-state index in [4.69, 9.17) is 0 Å². The third-order valence-corrected chi connectivity index (χ3v) is 3.31. The van der Waals surface area contributed by atoms with E-state index < -0.39 is 16.9 Å². The Morgan fingerprint density at radius 2 is 1.91 bits per heavy atom. The molecular weight excluding hydrogens is 284 g/mol. The van der Waals surface area contributed by atoms with Crippen molar-refractivity contribution in [3.63, 3.8) is 0 Å². The first-order chi connectivity index (χ1) is 10.5. The van der Waals surface area contributed by atoms with Gasteiger partial charge in [-0.3, -0.25) is 14.9 Å². The summed E-state index contributed by atoms with van der Waals surface area (Å²) in [6.45, 7) is 1.56. The van der Waals surface area contributed by atoms with Crippen LogP contribution in [0.3, 0.4) is 0 Å². The van der Waals surface area contributed by atoms with E-state index in [1.807, 2.05) is 6.07 Å². The lowest BCUT2D eigenvalue weighted by molar-refractivity contribution is -0.385. The van der Waals surface area contributed by atoms with Gasteiger partial charge in [-0.15, -0.1) is 0 Å². The van der Waals surface area contributed by atoms with Crippen molar-refractivity contribution in [2.45, 2.75) is 13.0 Å². The minimum absolute atomic E-state index is 0.00902. The first-order valence-corrected chi connectivity index (χ1v) is 6.76. The number of hydrogen-bond acceptors (Lipinski definition) is 4. The molecule has 2 aromatic rings. The van der Waals surface area contributed by atoms with E-state index in [2.05, 4.69) is 5.32 Å². The van der Waals surface area contributed by atoms with Crippen molar-refractivity contribution in [2.75, 3.05) is 6.54 Å². The minimum Gasteiger partial charge on any atom is -0.387 e. The fourth-order valence-corrected chi connectivity index (χ4v) is 2.16. The van der Waals surface area contributed by atoms with E-state index >= 15 is 0 Å². The molecule has 1 unspecified atom stereocenters. The fraction of sp³-hybridized carbons (Fsp3) is 0.188. The molecular formula is C16H16N2O4. The Hall–Kier alpha value is -2.73. The summed E-state index contributed by atoms with van der Waals surface area (Å²) < 4.78 is 0. The highest BCUT2D eigenvalue weighted by Crippen LogP contribution is 2.23. The van der Waals surface area contributed by atoms with Crippen LogP contribution in [0.25, 0.3) is 0 Å². The van der Waals surface area contributed by atoms with Gasteiger partial charge >= 0.3 is 0 Å². The zero-order valence-electron chi connectivity index (χ0n) is 12.0. The summed E-state index contributed by atoms with van der Waals surface area (Å²) in [5, 5.41) is 23.6. The Morgan fingerprint density at radius 1 is 1.23 bits per heavy atom.